The highest BCUT2D eigenvalue weighted by molar-refractivity contribution is 6.04. The average Bonchev–Trinajstić information content (AvgIpc) is 2.27. The van der Waals surface area contributed by atoms with Gasteiger partial charge in [0.15, 0.2) is 0 Å². The lowest BCUT2D eigenvalue weighted by Crippen LogP contribution is -2.27. The summed E-state index contributed by atoms with van der Waals surface area (Å²) in [4.78, 5) is 23.8. The molecule has 0 N–H and O–H groups in total. The quantitative estimate of drug-likeness (QED) is 0.719. The van der Waals surface area contributed by atoms with Gasteiger partial charge in [-0.2, -0.15) is 5.26 Å². The number of carbonyl (C=O) groups is 2. The third-order valence-electron chi connectivity index (χ3n) is 2.16. The largest absolute Gasteiger partial charge is 0.315 e. The van der Waals surface area contributed by atoms with Gasteiger partial charge < -0.3 is 4.90 Å². The highest BCUT2D eigenvalue weighted by Gasteiger charge is 2.12. The number of carbonyl (C=O) groups excluding carboxylic acids is 2. The molecule has 1 rings (SSSR count). The SMILES string of the molecule is CC(=O)CC(=O)N(C)c1ccc(C#N)cc1. The molecule has 0 radical (unpaired) electrons. The number of benzene rings is 1. The molecule has 16 heavy (non-hydrogen) atoms. The van der Waals surface area contributed by atoms with Crippen molar-refractivity contribution in [3.05, 3.63) is 29.8 Å². The number of nitrogens with zero attached hydrogens (tertiary/aromatic N) is 2. The molecule has 0 atom stereocenters. The Labute approximate surface area is 94.1 Å². The second-order valence-electron chi connectivity index (χ2n) is 3.49. The number of rotatable bonds is 3. The molecule has 82 valence electrons. The van der Waals surface area contributed by atoms with E-state index in [4.69, 9.17) is 5.26 Å². The number of Topliss-reactive ketones (excluding diaryl/α,β-unsaturated/α-hetero) is 1. The Kier molecular flexibility index (Phi) is 3.78. The van der Waals surface area contributed by atoms with Gasteiger partial charge in [0.05, 0.1) is 18.1 Å². The van der Waals surface area contributed by atoms with E-state index in [1.807, 2.05) is 6.07 Å². The van der Waals surface area contributed by atoms with E-state index in [1.165, 1.54) is 11.8 Å². The summed E-state index contributed by atoms with van der Waals surface area (Å²) in [5.74, 6) is -0.414. The predicted octanol–water partition coefficient (Wildman–Crippen LogP) is 1.50. The van der Waals surface area contributed by atoms with Crippen LogP contribution in [-0.4, -0.2) is 18.7 Å². The van der Waals surface area contributed by atoms with Crippen LogP contribution in [0.3, 0.4) is 0 Å². The minimum atomic E-state index is -0.253. The highest BCUT2D eigenvalue weighted by atomic mass is 16.2. The van der Waals surface area contributed by atoms with Crippen molar-refractivity contribution in [2.45, 2.75) is 13.3 Å². The summed E-state index contributed by atoms with van der Waals surface area (Å²) in [6.07, 6.45) is -0.101. The van der Waals surface area contributed by atoms with E-state index in [0.717, 1.165) is 0 Å². The maximum absolute atomic E-state index is 11.5. The number of hydrogen-bond donors (Lipinski definition) is 0. The Hall–Kier alpha value is -2.15. The van der Waals surface area contributed by atoms with Crippen LogP contribution in [0.15, 0.2) is 24.3 Å². The van der Waals surface area contributed by atoms with Crippen LogP contribution in [0.1, 0.15) is 18.9 Å². The first-order chi connectivity index (χ1) is 7.54. The molecule has 0 unspecified atom stereocenters. The van der Waals surface area contributed by atoms with Crippen molar-refractivity contribution < 1.29 is 9.59 Å². The van der Waals surface area contributed by atoms with Crippen LogP contribution in [0.5, 0.6) is 0 Å². The zero-order valence-corrected chi connectivity index (χ0v) is 9.23. The van der Waals surface area contributed by atoms with Crippen molar-refractivity contribution in [1.29, 1.82) is 5.26 Å². The number of amides is 1. The molecule has 4 heteroatoms. The lowest BCUT2D eigenvalue weighted by atomic mass is 10.2. The Morgan fingerprint density at radius 2 is 1.88 bits per heavy atom. The molecule has 1 amide bonds. The van der Waals surface area contributed by atoms with Gasteiger partial charge in [0, 0.05) is 12.7 Å². The molecule has 0 saturated heterocycles. The molecule has 0 aliphatic heterocycles. The van der Waals surface area contributed by atoms with E-state index in [1.54, 1.807) is 31.3 Å². The monoisotopic (exact) mass is 216 g/mol. The first-order valence-corrected chi connectivity index (χ1v) is 4.80. The number of ketones is 1. The van der Waals surface area contributed by atoms with Gasteiger partial charge in [-0.15, -0.1) is 0 Å². The second kappa shape index (κ2) is 5.08. The standard InChI is InChI=1S/C12H12N2O2/c1-9(15)7-12(16)14(2)11-5-3-10(8-13)4-6-11/h3-6H,7H2,1-2H3. The van der Waals surface area contributed by atoms with Gasteiger partial charge in [-0.1, -0.05) is 0 Å². The van der Waals surface area contributed by atoms with Crippen molar-refractivity contribution in [2.75, 3.05) is 11.9 Å². The number of anilines is 1. The van der Waals surface area contributed by atoms with E-state index < -0.39 is 0 Å². The Morgan fingerprint density at radius 3 is 2.31 bits per heavy atom. The van der Waals surface area contributed by atoms with Crippen molar-refractivity contribution in [3.8, 4) is 6.07 Å². The van der Waals surface area contributed by atoms with Crippen LogP contribution in [0.4, 0.5) is 5.69 Å². The molecular weight excluding hydrogens is 204 g/mol. The topological polar surface area (TPSA) is 61.2 Å². The second-order valence-corrected chi connectivity index (χ2v) is 3.49. The van der Waals surface area contributed by atoms with Crippen molar-refractivity contribution in [1.82, 2.24) is 0 Å². The third kappa shape index (κ3) is 2.92. The van der Waals surface area contributed by atoms with Gasteiger partial charge in [-0.3, -0.25) is 9.59 Å². The van der Waals surface area contributed by atoms with Crippen molar-refractivity contribution in [2.24, 2.45) is 0 Å². The first kappa shape index (κ1) is 11.9. The summed E-state index contributed by atoms with van der Waals surface area (Å²) in [5, 5.41) is 8.62. The Morgan fingerprint density at radius 1 is 1.31 bits per heavy atom. The highest BCUT2D eigenvalue weighted by Crippen LogP contribution is 2.14. The summed E-state index contributed by atoms with van der Waals surface area (Å²) in [7, 11) is 1.60. The zero-order chi connectivity index (χ0) is 12.1. The summed E-state index contributed by atoms with van der Waals surface area (Å²) in [5.41, 5.74) is 1.21. The maximum atomic E-state index is 11.5. The fourth-order valence-electron chi connectivity index (χ4n) is 1.24. The molecule has 4 nitrogen and oxygen atoms in total. The van der Waals surface area contributed by atoms with Gasteiger partial charge >= 0.3 is 0 Å². The predicted molar refractivity (Wildman–Crippen MR) is 59.9 cm³/mol. The van der Waals surface area contributed by atoms with Gasteiger partial charge in [-0.25, -0.2) is 0 Å². The fourth-order valence-corrected chi connectivity index (χ4v) is 1.24. The minimum Gasteiger partial charge on any atom is -0.315 e. The molecule has 0 aliphatic rings. The summed E-state index contributed by atoms with van der Waals surface area (Å²) in [6.45, 7) is 1.38. The minimum absolute atomic E-state index is 0.101. The molecule has 1 aromatic rings. The third-order valence-corrected chi connectivity index (χ3v) is 2.16. The zero-order valence-electron chi connectivity index (χ0n) is 9.23. The maximum Gasteiger partial charge on any atom is 0.234 e. The molecule has 0 heterocycles. The van der Waals surface area contributed by atoms with Gasteiger partial charge in [-0.05, 0) is 31.2 Å². The smallest absolute Gasteiger partial charge is 0.234 e. The summed E-state index contributed by atoms with van der Waals surface area (Å²) < 4.78 is 0. The molecule has 0 fully saturated rings. The van der Waals surface area contributed by atoms with Crippen LogP contribution in [0.2, 0.25) is 0 Å². The number of hydrogen-bond acceptors (Lipinski definition) is 3. The van der Waals surface area contributed by atoms with Crippen molar-refractivity contribution in [3.63, 3.8) is 0 Å². The average molecular weight is 216 g/mol. The van der Waals surface area contributed by atoms with Crippen LogP contribution in [-0.2, 0) is 9.59 Å². The molecule has 0 saturated carbocycles. The Balaban J connectivity index is 2.80. The van der Waals surface area contributed by atoms with Crippen LogP contribution in [0.25, 0.3) is 0 Å². The van der Waals surface area contributed by atoms with E-state index >= 15 is 0 Å². The first-order valence-electron chi connectivity index (χ1n) is 4.80. The van der Waals surface area contributed by atoms with Crippen LogP contribution < -0.4 is 4.90 Å². The van der Waals surface area contributed by atoms with Crippen LogP contribution >= 0.6 is 0 Å². The molecule has 0 aliphatic carbocycles. The fraction of sp³-hybridized carbons (Fsp3) is 0.250. The van der Waals surface area contributed by atoms with Crippen LogP contribution in [0, 0.1) is 11.3 Å². The summed E-state index contributed by atoms with van der Waals surface area (Å²) in [6, 6.07) is 8.61. The van der Waals surface area contributed by atoms with Gasteiger partial charge in [0.2, 0.25) is 5.91 Å². The molecular formula is C12H12N2O2. The van der Waals surface area contributed by atoms with Crippen molar-refractivity contribution >= 4 is 17.4 Å². The molecule has 0 bridgehead atoms. The van der Waals surface area contributed by atoms with E-state index in [9.17, 15) is 9.59 Å². The van der Waals surface area contributed by atoms with E-state index in [-0.39, 0.29) is 18.1 Å². The Bertz CT molecular complexity index is 443. The lowest BCUT2D eigenvalue weighted by Gasteiger charge is -2.16. The van der Waals surface area contributed by atoms with E-state index in [0.29, 0.717) is 11.3 Å². The van der Waals surface area contributed by atoms with E-state index in [2.05, 4.69) is 0 Å². The summed E-state index contributed by atoms with van der Waals surface area (Å²) >= 11 is 0. The lowest BCUT2D eigenvalue weighted by molar-refractivity contribution is -0.125. The normalized spacial score (nSPS) is 9.31. The number of nitriles is 1. The molecule has 0 aromatic heterocycles. The molecule has 1 aromatic carbocycles. The van der Waals surface area contributed by atoms with Gasteiger partial charge in [0.1, 0.15) is 5.78 Å². The van der Waals surface area contributed by atoms with Gasteiger partial charge in [0.25, 0.3) is 0 Å². The molecule has 0 spiro atoms.